The van der Waals surface area contributed by atoms with Gasteiger partial charge in [0.05, 0.1) is 31.0 Å². The van der Waals surface area contributed by atoms with E-state index >= 15 is 0 Å². The molecule has 6 heteroatoms. The maximum Gasteiger partial charge on any atom is 0.237 e. The summed E-state index contributed by atoms with van der Waals surface area (Å²) >= 11 is 0. The Labute approximate surface area is 155 Å². The minimum Gasteiger partial charge on any atom is -0.328 e. The molecule has 2 heterocycles. The van der Waals surface area contributed by atoms with Gasteiger partial charge in [-0.15, -0.1) is 0 Å². The Hall–Kier alpha value is -2.60. The van der Waals surface area contributed by atoms with Crippen LogP contribution < -0.4 is 5.32 Å². The average molecular weight is 356 g/mol. The first-order valence-corrected chi connectivity index (χ1v) is 8.99. The Bertz CT molecular complexity index is 647. The average Bonchev–Trinajstić information content (AvgIpc) is 2.70. The van der Waals surface area contributed by atoms with Crippen molar-refractivity contribution in [2.45, 2.75) is 40.3 Å². The van der Waals surface area contributed by atoms with Crippen LogP contribution in [-0.2, 0) is 22.7 Å². The van der Waals surface area contributed by atoms with Gasteiger partial charge in [0.15, 0.2) is 5.78 Å². The molecule has 0 radical (unpaired) electrons. The first kappa shape index (κ1) is 21.4. The standard InChI is InChI=1S/C18H22N4O2.C2H6/c1-2-17(23)14-22(13-16-8-4-6-10-21-16)18(24)12-19-11-15-7-3-5-9-20-15;1-2/h3-10,19H,2,11-14H2,1H3;1-2H3. The van der Waals surface area contributed by atoms with Crippen LogP contribution in [0, 0.1) is 0 Å². The first-order chi connectivity index (χ1) is 12.7. The molecule has 0 fully saturated rings. The van der Waals surface area contributed by atoms with E-state index in [-0.39, 0.29) is 24.8 Å². The minimum atomic E-state index is -0.126. The van der Waals surface area contributed by atoms with Crippen molar-refractivity contribution in [2.24, 2.45) is 0 Å². The van der Waals surface area contributed by atoms with E-state index in [0.29, 0.717) is 19.5 Å². The highest BCUT2D eigenvalue weighted by Gasteiger charge is 2.17. The summed E-state index contributed by atoms with van der Waals surface area (Å²) < 4.78 is 0. The van der Waals surface area contributed by atoms with Crippen LogP contribution in [0.25, 0.3) is 0 Å². The fourth-order valence-electron chi connectivity index (χ4n) is 2.16. The van der Waals surface area contributed by atoms with Crippen LogP contribution in [-0.4, -0.2) is 39.6 Å². The Morgan fingerprint density at radius 1 is 1.00 bits per heavy atom. The highest BCUT2D eigenvalue weighted by molar-refractivity contribution is 5.86. The number of nitrogens with one attached hydrogen (secondary N) is 1. The number of nitrogens with zero attached hydrogens (tertiary/aromatic N) is 3. The second kappa shape index (κ2) is 12.7. The van der Waals surface area contributed by atoms with E-state index in [1.807, 2.05) is 50.2 Å². The molecule has 0 bridgehead atoms. The van der Waals surface area contributed by atoms with Crippen molar-refractivity contribution >= 4 is 11.7 Å². The van der Waals surface area contributed by atoms with Crippen molar-refractivity contribution in [1.82, 2.24) is 20.2 Å². The normalized spacial score (nSPS) is 9.81. The van der Waals surface area contributed by atoms with Crippen molar-refractivity contribution in [3.8, 4) is 0 Å². The number of pyridine rings is 2. The third kappa shape index (κ3) is 7.98. The summed E-state index contributed by atoms with van der Waals surface area (Å²) in [6, 6.07) is 11.2. The molecule has 0 spiro atoms. The number of carbonyl (C=O) groups is 2. The number of aromatic nitrogens is 2. The van der Waals surface area contributed by atoms with E-state index in [0.717, 1.165) is 11.4 Å². The second-order valence-corrected chi connectivity index (χ2v) is 5.39. The lowest BCUT2D eigenvalue weighted by atomic mass is 10.2. The fraction of sp³-hybridized carbons (Fsp3) is 0.400. The predicted octanol–water partition coefficient (Wildman–Crippen LogP) is 2.60. The van der Waals surface area contributed by atoms with Gasteiger partial charge in [0.2, 0.25) is 5.91 Å². The number of hydrogen-bond acceptors (Lipinski definition) is 5. The van der Waals surface area contributed by atoms with Crippen molar-refractivity contribution in [1.29, 1.82) is 0 Å². The molecule has 26 heavy (non-hydrogen) atoms. The van der Waals surface area contributed by atoms with Crippen molar-refractivity contribution in [3.63, 3.8) is 0 Å². The molecular weight excluding hydrogens is 328 g/mol. The molecule has 0 aliphatic heterocycles. The van der Waals surface area contributed by atoms with E-state index in [4.69, 9.17) is 0 Å². The van der Waals surface area contributed by atoms with Crippen molar-refractivity contribution in [3.05, 3.63) is 60.2 Å². The summed E-state index contributed by atoms with van der Waals surface area (Å²) in [6.45, 7) is 6.89. The van der Waals surface area contributed by atoms with Gasteiger partial charge in [0.25, 0.3) is 0 Å². The summed E-state index contributed by atoms with van der Waals surface area (Å²) in [5, 5.41) is 3.07. The Kier molecular flexibility index (Phi) is 10.5. The van der Waals surface area contributed by atoms with Crippen LogP contribution >= 0.6 is 0 Å². The Morgan fingerprint density at radius 2 is 1.62 bits per heavy atom. The molecule has 140 valence electrons. The van der Waals surface area contributed by atoms with Crippen LogP contribution in [0.2, 0.25) is 0 Å². The molecule has 0 aromatic carbocycles. The number of ketones is 1. The van der Waals surface area contributed by atoms with Crippen molar-refractivity contribution in [2.75, 3.05) is 13.1 Å². The summed E-state index contributed by atoms with van der Waals surface area (Å²) in [5.74, 6) is -0.0950. The molecule has 1 amide bonds. The van der Waals surface area contributed by atoms with Gasteiger partial charge >= 0.3 is 0 Å². The largest absolute Gasteiger partial charge is 0.328 e. The highest BCUT2D eigenvalue weighted by atomic mass is 16.2. The smallest absolute Gasteiger partial charge is 0.237 e. The maximum atomic E-state index is 12.5. The fourth-order valence-corrected chi connectivity index (χ4v) is 2.16. The van der Waals surface area contributed by atoms with Gasteiger partial charge in [0, 0.05) is 25.4 Å². The minimum absolute atomic E-state index is 0.0315. The second-order valence-electron chi connectivity index (χ2n) is 5.39. The van der Waals surface area contributed by atoms with E-state index in [2.05, 4.69) is 15.3 Å². The molecule has 6 nitrogen and oxygen atoms in total. The monoisotopic (exact) mass is 356 g/mol. The quantitative estimate of drug-likeness (QED) is 0.747. The molecule has 0 aliphatic rings. The third-order valence-corrected chi connectivity index (χ3v) is 3.50. The lowest BCUT2D eigenvalue weighted by Crippen LogP contribution is -2.40. The SMILES string of the molecule is CC.CCC(=O)CN(Cc1ccccn1)C(=O)CNCc1ccccn1. The zero-order valence-corrected chi connectivity index (χ0v) is 15.8. The molecule has 1 N–H and O–H groups in total. The molecule has 0 unspecified atom stereocenters. The summed E-state index contributed by atoms with van der Waals surface area (Å²) in [6.07, 6.45) is 3.80. The van der Waals surface area contributed by atoms with Crippen molar-refractivity contribution < 1.29 is 9.59 Å². The van der Waals surface area contributed by atoms with Crippen LogP contribution in [0.4, 0.5) is 0 Å². The number of amides is 1. The van der Waals surface area contributed by atoms with Crippen LogP contribution in [0.5, 0.6) is 0 Å². The number of carbonyl (C=O) groups excluding carboxylic acids is 2. The number of Topliss-reactive ketones (excluding diaryl/α,β-unsaturated/α-hetero) is 1. The summed E-state index contributed by atoms with van der Waals surface area (Å²) in [5.41, 5.74) is 1.63. The highest BCUT2D eigenvalue weighted by Crippen LogP contribution is 2.03. The van der Waals surface area contributed by atoms with Gasteiger partial charge < -0.3 is 10.2 Å². The molecule has 0 saturated heterocycles. The molecule has 0 atom stereocenters. The van der Waals surface area contributed by atoms with E-state index in [9.17, 15) is 9.59 Å². The van der Waals surface area contributed by atoms with E-state index in [1.165, 1.54) is 0 Å². The Balaban J connectivity index is 0.00000163. The summed E-state index contributed by atoms with van der Waals surface area (Å²) in [7, 11) is 0. The van der Waals surface area contributed by atoms with E-state index < -0.39 is 0 Å². The number of hydrogen-bond donors (Lipinski definition) is 1. The van der Waals surface area contributed by atoms with Gasteiger partial charge in [-0.3, -0.25) is 19.6 Å². The lowest BCUT2D eigenvalue weighted by Gasteiger charge is -2.21. The lowest BCUT2D eigenvalue weighted by molar-refractivity contribution is -0.135. The maximum absolute atomic E-state index is 12.5. The topological polar surface area (TPSA) is 75.2 Å². The van der Waals surface area contributed by atoms with Gasteiger partial charge in [0.1, 0.15) is 0 Å². The molecule has 2 rings (SSSR count). The molecule has 0 saturated carbocycles. The van der Waals surface area contributed by atoms with Gasteiger partial charge in [-0.05, 0) is 24.3 Å². The molecular formula is C20H28N4O2. The zero-order chi connectivity index (χ0) is 19.2. The predicted molar refractivity (Wildman–Crippen MR) is 102 cm³/mol. The summed E-state index contributed by atoms with van der Waals surface area (Å²) in [4.78, 5) is 34.2. The molecule has 0 aliphatic carbocycles. The van der Waals surface area contributed by atoms with Crippen LogP contribution in [0.1, 0.15) is 38.6 Å². The van der Waals surface area contributed by atoms with Gasteiger partial charge in [-0.2, -0.15) is 0 Å². The zero-order valence-electron chi connectivity index (χ0n) is 15.8. The van der Waals surface area contributed by atoms with Gasteiger partial charge in [-0.1, -0.05) is 32.9 Å². The van der Waals surface area contributed by atoms with E-state index in [1.54, 1.807) is 24.2 Å². The molecule has 2 aromatic heterocycles. The van der Waals surface area contributed by atoms with Crippen LogP contribution in [0.15, 0.2) is 48.8 Å². The molecule has 2 aromatic rings. The van der Waals surface area contributed by atoms with Gasteiger partial charge in [-0.25, -0.2) is 0 Å². The van der Waals surface area contributed by atoms with Crippen LogP contribution in [0.3, 0.4) is 0 Å². The third-order valence-electron chi connectivity index (χ3n) is 3.50. The first-order valence-electron chi connectivity index (χ1n) is 8.99. The Morgan fingerprint density at radius 3 is 2.15 bits per heavy atom. The number of rotatable bonds is 9.